The van der Waals surface area contributed by atoms with Crippen LogP contribution in [0.1, 0.15) is 26.7 Å². The molecule has 0 radical (unpaired) electrons. The number of carbonyl (C=O) groups excluding carboxylic acids is 3. The van der Waals surface area contributed by atoms with Crippen LogP contribution >= 0.6 is 0 Å². The van der Waals surface area contributed by atoms with Gasteiger partial charge in [-0.3, -0.25) is 19.3 Å². The van der Waals surface area contributed by atoms with Crippen molar-refractivity contribution in [2.24, 2.45) is 0 Å². The summed E-state index contributed by atoms with van der Waals surface area (Å²) in [7, 11) is 0. The van der Waals surface area contributed by atoms with E-state index < -0.39 is 6.10 Å². The number of carbonyl (C=O) groups is 3. The molecule has 1 aliphatic heterocycles. The minimum atomic E-state index is -0.466. The Morgan fingerprint density at radius 1 is 1.38 bits per heavy atom. The number of hydrogen-bond acceptors (Lipinski definition) is 4. The van der Waals surface area contributed by atoms with Gasteiger partial charge in [-0.1, -0.05) is 6.92 Å². The molecule has 16 heavy (non-hydrogen) atoms. The van der Waals surface area contributed by atoms with Crippen molar-refractivity contribution in [3.63, 3.8) is 0 Å². The first kappa shape index (κ1) is 12.4. The fourth-order valence-electron chi connectivity index (χ4n) is 1.39. The number of imide groups is 1. The lowest BCUT2D eigenvalue weighted by Gasteiger charge is -2.19. The molecule has 0 bridgehead atoms. The molecule has 5 heteroatoms. The average molecular weight is 225 g/mol. The van der Waals surface area contributed by atoms with E-state index in [-0.39, 0.29) is 24.3 Å². The molecule has 0 aromatic rings. The van der Waals surface area contributed by atoms with Crippen LogP contribution in [0.4, 0.5) is 0 Å². The third-order valence-corrected chi connectivity index (χ3v) is 2.13. The summed E-state index contributed by atoms with van der Waals surface area (Å²) in [5.74, 6) is -1.02. The van der Waals surface area contributed by atoms with E-state index in [1.807, 2.05) is 6.92 Å². The summed E-state index contributed by atoms with van der Waals surface area (Å²) >= 11 is 0. The van der Waals surface area contributed by atoms with E-state index >= 15 is 0 Å². The Labute approximate surface area is 94.1 Å². The van der Waals surface area contributed by atoms with E-state index in [0.717, 1.165) is 4.90 Å². The molecule has 0 spiro atoms. The molecule has 1 aliphatic rings. The Bertz CT molecular complexity index is 317. The van der Waals surface area contributed by atoms with Gasteiger partial charge in [-0.2, -0.15) is 0 Å². The van der Waals surface area contributed by atoms with Crippen LogP contribution in [0.25, 0.3) is 0 Å². The Kier molecular flexibility index (Phi) is 4.22. The molecule has 5 nitrogen and oxygen atoms in total. The Hall–Kier alpha value is -1.65. The average Bonchev–Trinajstić information content (AvgIpc) is 2.49. The van der Waals surface area contributed by atoms with Crippen LogP contribution in [-0.4, -0.2) is 35.3 Å². The fraction of sp³-hybridized carbons (Fsp3) is 0.545. The molecule has 1 rings (SSSR count). The number of amides is 2. The van der Waals surface area contributed by atoms with E-state index in [1.165, 1.54) is 12.2 Å². The van der Waals surface area contributed by atoms with Crippen LogP contribution in [0.15, 0.2) is 12.2 Å². The summed E-state index contributed by atoms with van der Waals surface area (Å²) in [6, 6.07) is 0. The molecule has 0 N–H and O–H groups in total. The third kappa shape index (κ3) is 3.18. The maximum atomic E-state index is 11.2. The van der Waals surface area contributed by atoms with E-state index in [2.05, 4.69) is 0 Å². The maximum absolute atomic E-state index is 11.2. The summed E-state index contributed by atoms with van der Waals surface area (Å²) in [4.78, 5) is 34.6. The van der Waals surface area contributed by atoms with Gasteiger partial charge in [0.05, 0.1) is 6.54 Å². The summed E-state index contributed by atoms with van der Waals surface area (Å²) in [5, 5.41) is 0. The topological polar surface area (TPSA) is 63.7 Å². The van der Waals surface area contributed by atoms with Crippen LogP contribution in [0.3, 0.4) is 0 Å². The van der Waals surface area contributed by atoms with Crippen LogP contribution < -0.4 is 0 Å². The highest BCUT2D eigenvalue weighted by Gasteiger charge is 2.25. The van der Waals surface area contributed by atoms with Crippen LogP contribution in [0, 0.1) is 0 Å². The second-order valence-corrected chi connectivity index (χ2v) is 3.67. The third-order valence-electron chi connectivity index (χ3n) is 2.13. The lowest BCUT2D eigenvalue weighted by Crippen LogP contribution is -2.37. The van der Waals surface area contributed by atoms with E-state index in [9.17, 15) is 14.4 Å². The summed E-state index contributed by atoms with van der Waals surface area (Å²) < 4.78 is 5.04. The van der Waals surface area contributed by atoms with Crippen molar-refractivity contribution in [1.29, 1.82) is 0 Å². The lowest BCUT2D eigenvalue weighted by molar-refractivity contribution is -0.152. The van der Waals surface area contributed by atoms with Crippen molar-refractivity contribution >= 4 is 17.8 Å². The van der Waals surface area contributed by atoms with E-state index in [0.29, 0.717) is 12.8 Å². The number of nitrogens with zero attached hydrogens (tertiary/aromatic N) is 1. The minimum Gasteiger partial charge on any atom is -0.461 e. The Morgan fingerprint density at radius 2 is 1.94 bits per heavy atom. The van der Waals surface area contributed by atoms with E-state index in [4.69, 9.17) is 4.74 Å². The highest BCUT2D eigenvalue weighted by molar-refractivity contribution is 6.12. The zero-order valence-electron chi connectivity index (χ0n) is 9.43. The van der Waals surface area contributed by atoms with Gasteiger partial charge in [0.2, 0.25) is 0 Å². The first-order chi connectivity index (χ1) is 7.54. The zero-order chi connectivity index (χ0) is 12.1. The van der Waals surface area contributed by atoms with Crippen LogP contribution in [0.2, 0.25) is 0 Å². The molecule has 88 valence electrons. The van der Waals surface area contributed by atoms with Crippen molar-refractivity contribution in [3.8, 4) is 0 Å². The Balaban J connectivity index is 2.40. The SMILES string of the molecule is CCCC(=O)OC(C)CN1C(=O)C=CC1=O. The summed E-state index contributed by atoms with van der Waals surface area (Å²) in [6.07, 6.45) is 3.03. The van der Waals surface area contributed by atoms with Gasteiger partial charge < -0.3 is 4.74 Å². The summed E-state index contributed by atoms with van der Waals surface area (Å²) in [6.45, 7) is 3.65. The van der Waals surface area contributed by atoms with Gasteiger partial charge in [0.25, 0.3) is 11.8 Å². The molecule has 0 saturated heterocycles. The van der Waals surface area contributed by atoms with Crippen molar-refractivity contribution in [3.05, 3.63) is 12.2 Å². The highest BCUT2D eigenvalue weighted by Crippen LogP contribution is 2.07. The van der Waals surface area contributed by atoms with Gasteiger partial charge in [0.1, 0.15) is 6.10 Å². The van der Waals surface area contributed by atoms with Crippen LogP contribution in [0.5, 0.6) is 0 Å². The molecular formula is C11H15NO4. The molecule has 1 unspecified atom stereocenters. The molecule has 0 aromatic carbocycles. The minimum absolute atomic E-state index is 0.111. The predicted octanol–water partition coefficient (Wildman–Crippen LogP) is 0.643. The van der Waals surface area contributed by atoms with Crippen molar-refractivity contribution < 1.29 is 19.1 Å². The molecule has 0 saturated carbocycles. The van der Waals surface area contributed by atoms with Crippen LogP contribution in [-0.2, 0) is 19.1 Å². The number of rotatable bonds is 5. The maximum Gasteiger partial charge on any atom is 0.306 e. The fourth-order valence-corrected chi connectivity index (χ4v) is 1.39. The van der Waals surface area contributed by atoms with Crippen molar-refractivity contribution in [1.82, 2.24) is 4.90 Å². The smallest absolute Gasteiger partial charge is 0.306 e. The summed E-state index contributed by atoms with van der Waals surface area (Å²) in [5.41, 5.74) is 0. The first-order valence-corrected chi connectivity index (χ1v) is 5.27. The van der Waals surface area contributed by atoms with Gasteiger partial charge in [0, 0.05) is 18.6 Å². The van der Waals surface area contributed by atoms with Gasteiger partial charge in [-0.05, 0) is 13.3 Å². The molecule has 1 atom stereocenters. The number of ether oxygens (including phenoxy) is 1. The molecular weight excluding hydrogens is 210 g/mol. The second kappa shape index (κ2) is 5.44. The lowest BCUT2D eigenvalue weighted by atomic mass is 10.3. The standard InChI is InChI=1S/C11H15NO4/c1-3-4-11(15)16-8(2)7-12-9(13)5-6-10(12)14/h5-6,8H,3-4,7H2,1-2H3. The highest BCUT2D eigenvalue weighted by atomic mass is 16.5. The predicted molar refractivity (Wildman–Crippen MR) is 56.3 cm³/mol. The molecule has 0 aliphatic carbocycles. The van der Waals surface area contributed by atoms with Gasteiger partial charge in [-0.15, -0.1) is 0 Å². The van der Waals surface area contributed by atoms with Gasteiger partial charge in [0.15, 0.2) is 0 Å². The first-order valence-electron chi connectivity index (χ1n) is 5.27. The largest absolute Gasteiger partial charge is 0.461 e. The second-order valence-electron chi connectivity index (χ2n) is 3.67. The molecule has 0 aromatic heterocycles. The molecule has 1 heterocycles. The molecule has 0 fully saturated rings. The van der Waals surface area contributed by atoms with Crippen molar-refractivity contribution in [2.75, 3.05) is 6.54 Å². The van der Waals surface area contributed by atoms with Gasteiger partial charge in [-0.25, -0.2) is 0 Å². The monoisotopic (exact) mass is 225 g/mol. The normalized spacial score (nSPS) is 16.8. The molecule has 2 amide bonds. The zero-order valence-corrected chi connectivity index (χ0v) is 9.43. The Morgan fingerprint density at radius 3 is 2.44 bits per heavy atom. The van der Waals surface area contributed by atoms with E-state index in [1.54, 1.807) is 6.92 Å². The number of esters is 1. The quantitative estimate of drug-likeness (QED) is 0.509. The van der Waals surface area contributed by atoms with Crippen molar-refractivity contribution in [2.45, 2.75) is 32.8 Å². The van der Waals surface area contributed by atoms with Gasteiger partial charge >= 0.3 is 5.97 Å². The number of hydrogen-bond donors (Lipinski definition) is 0.